The van der Waals surface area contributed by atoms with Crippen LogP contribution in [0, 0.1) is 27.4 Å². The Hall–Kier alpha value is -3.87. The SMILES string of the molecule is N#Cc1cc([N+](=O)[O-])ccc1NC(=O)C1CN(C(=O)c2cnccn2)C1. The third-order valence-electron chi connectivity index (χ3n) is 3.91. The number of nitro benzene ring substituents is 1. The van der Waals surface area contributed by atoms with Crippen LogP contribution in [-0.2, 0) is 4.79 Å². The summed E-state index contributed by atoms with van der Waals surface area (Å²) in [6, 6.07) is 5.44. The summed E-state index contributed by atoms with van der Waals surface area (Å²) in [5, 5.41) is 22.4. The fraction of sp³-hybridized carbons (Fsp3) is 0.188. The Morgan fingerprint density at radius 2 is 2.12 bits per heavy atom. The second kappa shape index (κ2) is 6.94. The molecule has 1 aliphatic heterocycles. The van der Waals surface area contributed by atoms with Crippen LogP contribution in [0.1, 0.15) is 16.1 Å². The topological polar surface area (TPSA) is 142 Å². The second-order valence-electron chi connectivity index (χ2n) is 5.59. The first-order valence-corrected chi connectivity index (χ1v) is 7.54. The van der Waals surface area contributed by atoms with Gasteiger partial charge in [-0.25, -0.2) is 4.98 Å². The lowest BCUT2D eigenvalue weighted by molar-refractivity contribution is -0.384. The Kier molecular flexibility index (Phi) is 4.53. The third kappa shape index (κ3) is 3.32. The van der Waals surface area contributed by atoms with Crippen molar-refractivity contribution < 1.29 is 14.5 Å². The van der Waals surface area contributed by atoms with Gasteiger partial charge in [0, 0.05) is 37.6 Å². The zero-order chi connectivity index (χ0) is 18.7. The molecule has 2 heterocycles. The summed E-state index contributed by atoms with van der Waals surface area (Å²) in [5.41, 5.74) is 0.165. The molecule has 0 radical (unpaired) electrons. The molecule has 1 fully saturated rings. The second-order valence-corrected chi connectivity index (χ2v) is 5.59. The zero-order valence-corrected chi connectivity index (χ0v) is 13.3. The van der Waals surface area contributed by atoms with E-state index in [2.05, 4.69) is 15.3 Å². The molecular formula is C16H12N6O4. The summed E-state index contributed by atoms with van der Waals surface area (Å²) in [6.45, 7) is 0.437. The summed E-state index contributed by atoms with van der Waals surface area (Å²) in [6.07, 6.45) is 4.22. The van der Waals surface area contributed by atoms with Crippen molar-refractivity contribution in [2.75, 3.05) is 18.4 Å². The van der Waals surface area contributed by atoms with Gasteiger partial charge in [-0.1, -0.05) is 0 Å². The minimum absolute atomic E-state index is 0.000587. The van der Waals surface area contributed by atoms with E-state index >= 15 is 0 Å². The van der Waals surface area contributed by atoms with E-state index < -0.39 is 10.8 Å². The Labute approximate surface area is 147 Å². The van der Waals surface area contributed by atoms with E-state index in [4.69, 9.17) is 5.26 Å². The number of nitrogens with one attached hydrogen (secondary N) is 1. The van der Waals surface area contributed by atoms with Gasteiger partial charge in [0.25, 0.3) is 11.6 Å². The quantitative estimate of drug-likeness (QED) is 0.638. The molecule has 1 aliphatic rings. The van der Waals surface area contributed by atoms with Crippen LogP contribution in [0.25, 0.3) is 0 Å². The lowest BCUT2D eigenvalue weighted by Gasteiger charge is -2.37. The molecule has 1 N–H and O–H groups in total. The summed E-state index contributed by atoms with van der Waals surface area (Å²) in [4.78, 5) is 43.7. The van der Waals surface area contributed by atoms with Crippen molar-refractivity contribution in [1.82, 2.24) is 14.9 Å². The van der Waals surface area contributed by atoms with Gasteiger partial charge < -0.3 is 10.2 Å². The summed E-state index contributed by atoms with van der Waals surface area (Å²) in [5.74, 6) is -1.11. The van der Waals surface area contributed by atoms with Crippen LogP contribution in [0.5, 0.6) is 0 Å². The van der Waals surface area contributed by atoms with Crippen molar-refractivity contribution in [2.45, 2.75) is 0 Å². The van der Waals surface area contributed by atoms with Gasteiger partial charge >= 0.3 is 0 Å². The number of likely N-dealkylation sites (tertiary alicyclic amines) is 1. The average Bonchev–Trinajstić information content (AvgIpc) is 2.61. The van der Waals surface area contributed by atoms with Gasteiger partial charge in [0.1, 0.15) is 11.8 Å². The van der Waals surface area contributed by atoms with E-state index in [1.165, 1.54) is 35.6 Å². The van der Waals surface area contributed by atoms with Crippen molar-refractivity contribution in [1.29, 1.82) is 5.26 Å². The molecule has 1 saturated heterocycles. The number of aromatic nitrogens is 2. The monoisotopic (exact) mass is 352 g/mol. The number of hydrogen-bond donors (Lipinski definition) is 1. The van der Waals surface area contributed by atoms with Crippen molar-refractivity contribution in [2.24, 2.45) is 5.92 Å². The number of anilines is 1. The van der Waals surface area contributed by atoms with Crippen LogP contribution in [0.3, 0.4) is 0 Å². The van der Waals surface area contributed by atoms with Crippen molar-refractivity contribution in [3.05, 3.63) is 58.2 Å². The highest BCUT2D eigenvalue weighted by Crippen LogP contribution is 2.24. The van der Waals surface area contributed by atoms with Crippen LogP contribution in [0.15, 0.2) is 36.8 Å². The number of rotatable bonds is 4. The van der Waals surface area contributed by atoms with E-state index in [9.17, 15) is 19.7 Å². The van der Waals surface area contributed by atoms with Crippen molar-refractivity contribution in [3.63, 3.8) is 0 Å². The molecule has 0 aliphatic carbocycles. The Morgan fingerprint density at radius 3 is 2.73 bits per heavy atom. The molecule has 0 saturated carbocycles. The number of non-ortho nitro benzene ring substituents is 1. The number of carbonyl (C=O) groups is 2. The molecule has 130 valence electrons. The van der Waals surface area contributed by atoms with Gasteiger partial charge in [0.15, 0.2) is 0 Å². The number of amides is 2. The lowest BCUT2D eigenvalue weighted by atomic mass is 9.98. The molecule has 0 bridgehead atoms. The van der Waals surface area contributed by atoms with Gasteiger partial charge in [-0.15, -0.1) is 0 Å². The van der Waals surface area contributed by atoms with Gasteiger partial charge in [0.2, 0.25) is 5.91 Å². The highest BCUT2D eigenvalue weighted by molar-refractivity contribution is 5.98. The first-order valence-electron chi connectivity index (χ1n) is 7.54. The maximum absolute atomic E-state index is 12.3. The average molecular weight is 352 g/mol. The summed E-state index contributed by atoms with van der Waals surface area (Å²) in [7, 11) is 0. The number of nitriles is 1. The minimum Gasteiger partial charge on any atom is -0.336 e. The van der Waals surface area contributed by atoms with E-state index in [1.807, 2.05) is 6.07 Å². The van der Waals surface area contributed by atoms with Crippen LogP contribution >= 0.6 is 0 Å². The Morgan fingerprint density at radius 1 is 1.35 bits per heavy atom. The normalized spacial score (nSPS) is 13.4. The molecule has 10 heteroatoms. The first-order chi connectivity index (χ1) is 12.5. The van der Waals surface area contributed by atoms with Crippen LogP contribution in [0.2, 0.25) is 0 Å². The summed E-state index contributed by atoms with van der Waals surface area (Å²) < 4.78 is 0. The Bertz CT molecular complexity index is 918. The smallest absolute Gasteiger partial charge is 0.274 e. The van der Waals surface area contributed by atoms with Crippen molar-refractivity contribution in [3.8, 4) is 6.07 Å². The highest BCUT2D eigenvalue weighted by atomic mass is 16.6. The molecule has 1 aromatic carbocycles. The predicted octanol–water partition coefficient (Wildman–Crippen LogP) is 0.967. The highest BCUT2D eigenvalue weighted by Gasteiger charge is 2.36. The number of nitro groups is 1. The number of benzene rings is 1. The molecule has 10 nitrogen and oxygen atoms in total. The standard InChI is InChI=1S/C16H12N6O4/c17-6-10-5-12(22(25)26)1-2-13(10)20-15(23)11-8-21(9-11)16(24)14-7-18-3-4-19-14/h1-5,7,11H,8-9H2,(H,20,23). The minimum atomic E-state index is -0.617. The lowest BCUT2D eigenvalue weighted by Crippen LogP contribution is -2.54. The van der Waals surface area contributed by atoms with Gasteiger partial charge in [-0.3, -0.25) is 24.7 Å². The van der Waals surface area contributed by atoms with Crippen molar-refractivity contribution >= 4 is 23.2 Å². The van der Waals surface area contributed by atoms with Gasteiger partial charge in [-0.2, -0.15) is 5.26 Å². The number of carbonyl (C=O) groups excluding carboxylic acids is 2. The fourth-order valence-electron chi connectivity index (χ4n) is 2.46. The molecule has 26 heavy (non-hydrogen) atoms. The van der Waals surface area contributed by atoms with E-state index in [1.54, 1.807) is 0 Å². The molecule has 1 aromatic heterocycles. The molecule has 2 aromatic rings. The molecule has 2 amide bonds. The molecule has 0 unspecified atom stereocenters. The molecular weight excluding hydrogens is 340 g/mol. The summed E-state index contributed by atoms with van der Waals surface area (Å²) >= 11 is 0. The molecule has 0 atom stereocenters. The largest absolute Gasteiger partial charge is 0.336 e. The van der Waals surface area contributed by atoms with Crippen LogP contribution in [0.4, 0.5) is 11.4 Å². The van der Waals surface area contributed by atoms with Gasteiger partial charge in [0.05, 0.1) is 28.3 Å². The maximum atomic E-state index is 12.3. The van der Waals surface area contributed by atoms with E-state index in [0.29, 0.717) is 0 Å². The Balaban J connectivity index is 1.62. The van der Waals surface area contributed by atoms with Gasteiger partial charge in [-0.05, 0) is 6.07 Å². The van der Waals surface area contributed by atoms with Crippen LogP contribution in [-0.4, -0.2) is 44.7 Å². The van der Waals surface area contributed by atoms with E-state index in [-0.39, 0.29) is 47.5 Å². The van der Waals surface area contributed by atoms with Crippen LogP contribution < -0.4 is 5.32 Å². The number of hydrogen-bond acceptors (Lipinski definition) is 7. The van der Waals surface area contributed by atoms with E-state index in [0.717, 1.165) is 6.07 Å². The zero-order valence-electron chi connectivity index (χ0n) is 13.3. The first kappa shape index (κ1) is 17.0. The molecule has 3 rings (SSSR count). The third-order valence-corrected chi connectivity index (χ3v) is 3.91. The number of nitrogens with zero attached hydrogens (tertiary/aromatic N) is 5. The fourth-order valence-corrected chi connectivity index (χ4v) is 2.46. The maximum Gasteiger partial charge on any atom is 0.274 e. The molecule has 0 spiro atoms. The predicted molar refractivity (Wildman–Crippen MR) is 87.9 cm³/mol.